The van der Waals surface area contributed by atoms with Crippen LogP contribution in [0.2, 0.25) is 0 Å². The third-order valence-corrected chi connectivity index (χ3v) is 1.66. The molecular formula is C9H19NO2. The van der Waals surface area contributed by atoms with Crippen molar-refractivity contribution in [1.82, 2.24) is 5.32 Å². The van der Waals surface area contributed by atoms with Gasteiger partial charge >= 0.3 is 0 Å². The molecule has 72 valence electrons. The van der Waals surface area contributed by atoms with Gasteiger partial charge in [-0.05, 0) is 19.9 Å². The molecule has 3 nitrogen and oxygen atoms in total. The minimum absolute atomic E-state index is 0.305. The summed E-state index contributed by atoms with van der Waals surface area (Å²) in [5.41, 5.74) is 0. The van der Waals surface area contributed by atoms with Gasteiger partial charge in [0.1, 0.15) is 0 Å². The highest BCUT2D eigenvalue weighted by Gasteiger charge is 2.02. The van der Waals surface area contributed by atoms with E-state index >= 15 is 0 Å². The Balaban J connectivity index is 3.23. The molecule has 0 radical (unpaired) electrons. The van der Waals surface area contributed by atoms with Crippen molar-refractivity contribution in [3.05, 3.63) is 12.7 Å². The summed E-state index contributed by atoms with van der Waals surface area (Å²) in [4.78, 5) is 0. The molecule has 0 saturated heterocycles. The molecule has 0 amide bonds. The number of aliphatic hydroxyl groups excluding tert-OH is 1. The summed E-state index contributed by atoms with van der Waals surface area (Å²) in [6.45, 7) is 6.86. The smallest absolute Gasteiger partial charge is 0.0785 e. The van der Waals surface area contributed by atoms with Gasteiger partial charge in [0.05, 0.1) is 12.7 Å². The molecule has 0 aromatic heterocycles. The first kappa shape index (κ1) is 11.6. The van der Waals surface area contributed by atoms with Crippen LogP contribution in [-0.2, 0) is 4.74 Å². The van der Waals surface area contributed by atoms with Crippen LogP contribution in [0.3, 0.4) is 0 Å². The molecule has 2 N–H and O–H groups in total. The van der Waals surface area contributed by atoms with Gasteiger partial charge in [0, 0.05) is 13.2 Å². The fourth-order valence-corrected chi connectivity index (χ4v) is 0.837. The highest BCUT2D eigenvalue weighted by Crippen LogP contribution is 1.91. The van der Waals surface area contributed by atoms with E-state index in [0.29, 0.717) is 19.1 Å². The maximum atomic E-state index is 9.24. The molecule has 0 heterocycles. The Labute approximate surface area is 74.4 Å². The van der Waals surface area contributed by atoms with Crippen LogP contribution in [0.1, 0.15) is 13.3 Å². The topological polar surface area (TPSA) is 41.5 Å². The van der Waals surface area contributed by atoms with Crippen LogP contribution in [0.15, 0.2) is 12.7 Å². The summed E-state index contributed by atoms with van der Waals surface area (Å²) in [6.07, 6.45) is 2.19. The summed E-state index contributed by atoms with van der Waals surface area (Å²) in [5, 5.41) is 12.4. The van der Waals surface area contributed by atoms with Gasteiger partial charge in [-0.15, -0.1) is 6.58 Å². The standard InChI is InChI=1S/C9H19NO2/c1-4-8(2)10-6-5-9(11)7-12-3/h4,8-11H,1,5-7H2,2-3H3. The number of rotatable bonds is 7. The van der Waals surface area contributed by atoms with Crippen molar-refractivity contribution in [3.8, 4) is 0 Å². The summed E-state index contributed by atoms with van der Waals surface area (Å²) in [5.74, 6) is 0. The SMILES string of the molecule is C=CC(C)NCCC(O)COC. The molecule has 0 aromatic rings. The third kappa shape index (κ3) is 6.34. The van der Waals surface area contributed by atoms with Crippen LogP contribution >= 0.6 is 0 Å². The van der Waals surface area contributed by atoms with E-state index in [2.05, 4.69) is 11.9 Å². The lowest BCUT2D eigenvalue weighted by Gasteiger charge is -2.12. The molecule has 0 aliphatic carbocycles. The molecule has 0 saturated carbocycles. The largest absolute Gasteiger partial charge is 0.391 e. The Hall–Kier alpha value is -0.380. The minimum Gasteiger partial charge on any atom is -0.391 e. The van der Waals surface area contributed by atoms with Crippen LogP contribution < -0.4 is 5.32 Å². The first-order valence-electron chi connectivity index (χ1n) is 4.23. The maximum Gasteiger partial charge on any atom is 0.0785 e. The number of hydrogen-bond acceptors (Lipinski definition) is 3. The molecular weight excluding hydrogens is 154 g/mol. The zero-order valence-electron chi connectivity index (χ0n) is 7.92. The molecule has 0 aliphatic rings. The molecule has 0 fully saturated rings. The van der Waals surface area contributed by atoms with E-state index in [-0.39, 0.29) is 6.10 Å². The van der Waals surface area contributed by atoms with Crippen LogP contribution in [-0.4, -0.2) is 37.5 Å². The molecule has 0 aliphatic heterocycles. The fraction of sp³-hybridized carbons (Fsp3) is 0.778. The van der Waals surface area contributed by atoms with Gasteiger partial charge in [-0.2, -0.15) is 0 Å². The summed E-state index contributed by atoms with van der Waals surface area (Å²) in [7, 11) is 1.59. The second kappa shape index (κ2) is 7.28. The lowest BCUT2D eigenvalue weighted by atomic mass is 10.2. The van der Waals surface area contributed by atoms with Crippen molar-refractivity contribution in [1.29, 1.82) is 0 Å². The molecule has 0 rings (SSSR count). The zero-order valence-corrected chi connectivity index (χ0v) is 7.92. The van der Waals surface area contributed by atoms with Gasteiger partial charge in [-0.3, -0.25) is 0 Å². The molecule has 0 bridgehead atoms. The second-order valence-corrected chi connectivity index (χ2v) is 2.88. The molecule has 2 unspecified atom stereocenters. The van der Waals surface area contributed by atoms with E-state index in [1.165, 1.54) is 0 Å². The van der Waals surface area contributed by atoms with Crippen molar-refractivity contribution >= 4 is 0 Å². The van der Waals surface area contributed by atoms with Gasteiger partial charge in [-0.1, -0.05) is 6.08 Å². The van der Waals surface area contributed by atoms with Crippen LogP contribution in [0, 0.1) is 0 Å². The van der Waals surface area contributed by atoms with Crippen molar-refractivity contribution in [2.24, 2.45) is 0 Å². The first-order chi connectivity index (χ1) is 5.70. The van der Waals surface area contributed by atoms with E-state index in [4.69, 9.17) is 4.74 Å². The number of nitrogens with one attached hydrogen (secondary N) is 1. The van der Waals surface area contributed by atoms with Crippen molar-refractivity contribution in [3.63, 3.8) is 0 Å². The van der Waals surface area contributed by atoms with Gasteiger partial charge < -0.3 is 15.2 Å². The molecule has 0 spiro atoms. The van der Waals surface area contributed by atoms with Gasteiger partial charge in [-0.25, -0.2) is 0 Å². The number of hydrogen-bond donors (Lipinski definition) is 2. The van der Waals surface area contributed by atoms with Crippen LogP contribution in [0.25, 0.3) is 0 Å². The summed E-state index contributed by atoms with van der Waals surface area (Å²) in [6, 6.07) is 0.305. The van der Waals surface area contributed by atoms with Gasteiger partial charge in [0.2, 0.25) is 0 Å². The van der Waals surface area contributed by atoms with E-state index in [9.17, 15) is 5.11 Å². The monoisotopic (exact) mass is 173 g/mol. The van der Waals surface area contributed by atoms with E-state index in [0.717, 1.165) is 6.54 Å². The highest BCUT2D eigenvalue weighted by atomic mass is 16.5. The zero-order chi connectivity index (χ0) is 9.40. The lowest BCUT2D eigenvalue weighted by Crippen LogP contribution is -2.28. The predicted octanol–water partition coefficient (Wildman–Crippen LogP) is 0.548. The van der Waals surface area contributed by atoms with Crippen LogP contribution in [0.4, 0.5) is 0 Å². The van der Waals surface area contributed by atoms with Gasteiger partial charge in [0.25, 0.3) is 0 Å². The number of ether oxygens (including phenoxy) is 1. The highest BCUT2D eigenvalue weighted by molar-refractivity contribution is 4.81. The summed E-state index contributed by atoms with van der Waals surface area (Å²) < 4.78 is 4.79. The van der Waals surface area contributed by atoms with E-state index in [1.54, 1.807) is 7.11 Å². The Bertz CT molecular complexity index is 117. The Morgan fingerprint density at radius 1 is 1.67 bits per heavy atom. The van der Waals surface area contributed by atoms with Crippen molar-refractivity contribution in [2.45, 2.75) is 25.5 Å². The maximum absolute atomic E-state index is 9.24. The Morgan fingerprint density at radius 3 is 2.83 bits per heavy atom. The normalized spacial score (nSPS) is 15.6. The Morgan fingerprint density at radius 2 is 2.33 bits per heavy atom. The first-order valence-corrected chi connectivity index (χ1v) is 4.23. The number of methoxy groups -OCH3 is 1. The third-order valence-electron chi connectivity index (χ3n) is 1.66. The minimum atomic E-state index is -0.362. The Kier molecular flexibility index (Phi) is 7.05. The van der Waals surface area contributed by atoms with E-state index in [1.807, 2.05) is 13.0 Å². The predicted molar refractivity (Wildman–Crippen MR) is 50.2 cm³/mol. The average Bonchev–Trinajstić information content (AvgIpc) is 2.04. The molecule has 0 aromatic carbocycles. The van der Waals surface area contributed by atoms with Crippen molar-refractivity contribution < 1.29 is 9.84 Å². The molecule has 12 heavy (non-hydrogen) atoms. The van der Waals surface area contributed by atoms with E-state index < -0.39 is 0 Å². The molecule has 3 heteroatoms. The van der Waals surface area contributed by atoms with Gasteiger partial charge in [0.15, 0.2) is 0 Å². The molecule has 2 atom stereocenters. The van der Waals surface area contributed by atoms with Crippen molar-refractivity contribution in [2.75, 3.05) is 20.3 Å². The summed E-state index contributed by atoms with van der Waals surface area (Å²) >= 11 is 0. The average molecular weight is 173 g/mol. The fourth-order valence-electron chi connectivity index (χ4n) is 0.837. The number of aliphatic hydroxyl groups is 1. The van der Waals surface area contributed by atoms with Crippen LogP contribution in [0.5, 0.6) is 0 Å². The lowest BCUT2D eigenvalue weighted by molar-refractivity contribution is 0.0593. The second-order valence-electron chi connectivity index (χ2n) is 2.88. The quantitative estimate of drug-likeness (QED) is 0.552.